The van der Waals surface area contributed by atoms with E-state index in [2.05, 4.69) is 13.8 Å². The maximum atomic E-state index is 12.5. The van der Waals surface area contributed by atoms with Crippen LogP contribution in [-0.2, 0) is 16.0 Å². The van der Waals surface area contributed by atoms with Crippen LogP contribution in [0.4, 0.5) is 0 Å². The molecule has 1 aromatic carbocycles. The number of carbonyl (C=O) groups is 1. The van der Waals surface area contributed by atoms with Gasteiger partial charge in [-0.25, -0.2) is 0 Å². The molecule has 0 N–H and O–H groups in total. The minimum atomic E-state index is -0.145. The molecule has 1 aliphatic heterocycles. The van der Waals surface area contributed by atoms with Crippen molar-refractivity contribution in [3.8, 4) is 5.75 Å². The first-order valence-corrected chi connectivity index (χ1v) is 7.44. The summed E-state index contributed by atoms with van der Waals surface area (Å²) < 4.78 is 10.9. The minimum absolute atomic E-state index is 0.144. The third-order valence-corrected chi connectivity index (χ3v) is 4.10. The van der Waals surface area contributed by atoms with E-state index in [1.807, 2.05) is 36.2 Å². The van der Waals surface area contributed by atoms with Gasteiger partial charge in [0.2, 0.25) is 5.91 Å². The van der Waals surface area contributed by atoms with Crippen LogP contribution in [0.3, 0.4) is 0 Å². The number of hydrogen-bond acceptors (Lipinski definition) is 3. The van der Waals surface area contributed by atoms with E-state index in [0.29, 0.717) is 13.0 Å². The van der Waals surface area contributed by atoms with E-state index in [1.54, 1.807) is 7.11 Å². The number of amides is 1. The summed E-state index contributed by atoms with van der Waals surface area (Å²) in [5, 5.41) is 0. The van der Waals surface area contributed by atoms with Gasteiger partial charge >= 0.3 is 0 Å². The van der Waals surface area contributed by atoms with Crippen LogP contribution in [-0.4, -0.2) is 43.2 Å². The van der Waals surface area contributed by atoms with E-state index in [1.165, 1.54) is 0 Å². The number of hydrogen-bond donors (Lipinski definition) is 0. The number of nitrogens with zero attached hydrogens (tertiary/aromatic N) is 1. The van der Waals surface area contributed by atoms with Gasteiger partial charge in [-0.2, -0.15) is 0 Å². The minimum Gasteiger partial charge on any atom is -0.497 e. The van der Waals surface area contributed by atoms with Gasteiger partial charge in [0.15, 0.2) is 0 Å². The monoisotopic (exact) mass is 291 g/mol. The molecule has 1 heterocycles. The van der Waals surface area contributed by atoms with Crippen molar-refractivity contribution in [1.29, 1.82) is 0 Å². The lowest BCUT2D eigenvalue weighted by Crippen LogP contribution is -2.47. The topological polar surface area (TPSA) is 38.8 Å². The quantitative estimate of drug-likeness (QED) is 0.856. The van der Waals surface area contributed by atoms with Crippen molar-refractivity contribution in [2.75, 3.05) is 20.8 Å². The van der Waals surface area contributed by atoms with E-state index in [4.69, 9.17) is 9.47 Å². The fourth-order valence-electron chi connectivity index (χ4n) is 2.82. The molecule has 0 saturated carbocycles. The van der Waals surface area contributed by atoms with Gasteiger partial charge in [0.05, 0.1) is 19.1 Å². The van der Waals surface area contributed by atoms with Crippen molar-refractivity contribution in [1.82, 2.24) is 4.90 Å². The summed E-state index contributed by atoms with van der Waals surface area (Å²) in [5.74, 6) is 0.932. The molecule has 116 valence electrons. The van der Waals surface area contributed by atoms with Crippen LogP contribution in [0, 0.1) is 0 Å². The van der Waals surface area contributed by atoms with Crippen LogP contribution < -0.4 is 4.74 Å². The molecule has 0 aromatic heterocycles. The van der Waals surface area contributed by atoms with Gasteiger partial charge in [-0.15, -0.1) is 0 Å². The fraction of sp³-hybridized carbons (Fsp3) is 0.588. The molecule has 4 heteroatoms. The molecule has 2 rings (SSSR count). The number of likely N-dealkylation sites (N-methyl/N-ethyl adjacent to an activating group) is 1. The molecule has 0 radical (unpaired) electrons. The summed E-state index contributed by atoms with van der Waals surface area (Å²) in [6, 6.07) is 7.94. The lowest BCUT2D eigenvalue weighted by Gasteiger charge is -2.39. The third kappa shape index (κ3) is 4.21. The molecule has 4 nitrogen and oxygen atoms in total. The highest BCUT2D eigenvalue weighted by Crippen LogP contribution is 2.27. The number of benzene rings is 1. The number of rotatable bonds is 4. The van der Waals surface area contributed by atoms with E-state index in [9.17, 15) is 4.79 Å². The van der Waals surface area contributed by atoms with Gasteiger partial charge in [-0.1, -0.05) is 12.1 Å². The Labute approximate surface area is 127 Å². The second-order valence-corrected chi connectivity index (χ2v) is 6.29. The Morgan fingerprint density at radius 1 is 1.48 bits per heavy atom. The predicted molar refractivity (Wildman–Crippen MR) is 82.5 cm³/mol. The van der Waals surface area contributed by atoms with Gasteiger partial charge in [-0.3, -0.25) is 4.79 Å². The van der Waals surface area contributed by atoms with Crippen molar-refractivity contribution < 1.29 is 14.3 Å². The number of carbonyl (C=O) groups excluding carboxylic acids is 1. The summed E-state index contributed by atoms with van der Waals surface area (Å²) in [4.78, 5) is 14.3. The summed E-state index contributed by atoms with van der Waals surface area (Å²) in [6.45, 7) is 4.88. The van der Waals surface area contributed by atoms with Crippen molar-refractivity contribution in [3.05, 3.63) is 29.8 Å². The molecule has 1 aliphatic rings. The van der Waals surface area contributed by atoms with E-state index in [-0.39, 0.29) is 17.6 Å². The Kier molecular flexibility index (Phi) is 4.88. The van der Waals surface area contributed by atoms with Gasteiger partial charge in [0, 0.05) is 19.7 Å². The molecule has 21 heavy (non-hydrogen) atoms. The summed E-state index contributed by atoms with van der Waals surface area (Å²) in [6.07, 6.45) is 2.20. The Balaban J connectivity index is 1.98. The zero-order valence-electron chi connectivity index (χ0n) is 13.4. The van der Waals surface area contributed by atoms with Crippen molar-refractivity contribution in [2.45, 2.75) is 44.8 Å². The Morgan fingerprint density at radius 3 is 2.90 bits per heavy atom. The molecule has 1 saturated heterocycles. The molecule has 0 aliphatic carbocycles. The molecule has 0 unspecified atom stereocenters. The first-order chi connectivity index (χ1) is 9.91. The maximum absolute atomic E-state index is 12.5. The molecule has 1 aromatic rings. The van der Waals surface area contributed by atoms with Crippen molar-refractivity contribution >= 4 is 5.91 Å². The summed E-state index contributed by atoms with van der Waals surface area (Å²) >= 11 is 0. The van der Waals surface area contributed by atoms with Gasteiger partial charge < -0.3 is 14.4 Å². The molecular formula is C17H25NO3. The van der Waals surface area contributed by atoms with Gasteiger partial charge in [0.1, 0.15) is 5.75 Å². The number of methoxy groups -OCH3 is 1. The van der Waals surface area contributed by atoms with Crippen LogP contribution in [0.2, 0.25) is 0 Å². The zero-order valence-corrected chi connectivity index (χ0v) is 13.4. The highest BCUT2D eigenvalue weighted by molar-refractivity contribution is 5.79. The fourth-order valence-corrected chi connectivity index (χ4v) is 2.82. The molecule has 0 bridgehead atoms. The largest absolute Gasteiger partial charge is 0.497 e. The normalized spacial score (nSPS) is 20.9. The molecule has 1 amide bonds. The average Bonchev–Trinajstić information content (AvgIpc) is 2.45. The highest BCUT2D eigenvalue weighted by atomic mass is 16.5. The van der Waals surface area contributed by atoms with Crippen molar-refractivity contribution in [3.63, 3.8) is 0 Å². The SMILES string of the molecule is COc1cccc(CC(=O)N(C)[C@H]2CCOC(C)(C)C2)c1. The van der Waals surface area contributed by atoms with E-state index >= 15 is 0 Å². The summed E-state index contributed by atoms with van der Waals surface area (Å²) in [5.41, 5.74) is 0.838. The summed E-state index contributed by atoms with van der Waals surface area (Å²) in [7, 11) is 3.53. The Bertz CT molecular complexity index is 499. The van der Waals surface area contributed by atoms with Crippen LogP contribution in [0.5, 0.6) is 5.75 Å². The van der Waals surface area contributed by atoms with E-state index in [0.717, 1.165) is 24.2 Å². The first-order valence-electron chi connectivity index (χ1n) is 7.44. The smallest absolute Gasteiger partial charge is 0.226 e. The molecule has 0 spiro atoms. The highest BCUT2D eigenvalue weighted by Gasteiger charge is 2.32. The van der Waals surface area contributed by atoms with Crippen LogP contribution in [0.15, 0.2) is 24.3 Å². The average molecular weight is 291 g/mol. The van der Waals surface area contributed by atoms with Crippen LogP contribution >= 0.6 is 0 Å². The van der Waals surface area contributed by atoms with Crippen molar-refractivity contribution in [2.24, 2.45) is 0 Å². The lowest BCUT2D eigenvalue weighted by molar-refractivity contribution is -0.137. The third-order valence-electron chi connectivity index (χ3n) is 4.10. The first kappa shape index (κ1) is 15.8. The second-order valence-electron chi connectivity index (χ2n) is 6.29. The van der Waals surface area contributed by atoms with E-state index < -0.39 is 0 Å². The van der Waals surface area contributed by atoms with Crippen LogP contribution in [0.25, 0.3) is 0 Å². The van der Waals surface area contributed by atoms with Gasteiger partial charge in [0.25, 0.3) is 0 Å². The lowest BCUT2D eigenvalue weighted by atomic mass is 9.93. The maximum Gasteiger partial charge on any atom is 0.226 e. The second kappa shape index (κ2) is 6.48. The zero-order chi connectivity index (χ0) is 15.5. The molecule has 1 atom stereocenters. The molecular weight excluding hydrogens is 266 g/mol. The van der Waals surface area contributed by atoms with Crippen LogP contribution in [0.1, 0.15) is 32.3 Å². The predicted octanol–water partition coefficient (Wildman–Crippen LogP) is 2.65. The Hall–Kier alpha value is -1.55. The number of ether oxygens (including phenoxy) is 2. The Morgan fingerprint density at radius 2 is 2.24 bits per heavy atom. The van der Waals surface area contributed by atoms with Gasteiger partial charge in [-0.05, 0) is 44.4 Å². The standard InChI is InChI=1S/C17H25NO3/c1-17(2)12-14(8-9-21-17)18(3)16(19)11-13-6-5-7-15(10-13)20-4/h5-7,10,14H,8-9,11-12H2,1-4H3/t14-/m0/s1. The molecule has 1 fully saturated rings.